The summed E-state index contributed by atoms with van der Waals surface area (Å²) in [6, 6.07) is 0. The molecule has 2 heterocycles. The lowest BCUT2D eigenvalue weighted by Crippen LogP contribution is -2.37. The largest absolute Gasteiger partial charge is 0.444 e. The minimum atomic E-state index is -0.384. The molecule has 120 valence electrons. The van der Waals surface area contributed by atoms with Crippen LogP contribution in [0.15, 0.2) is 0 Å². The standard InChI is InChI=1S/C17H32BNO2/c1-17(2,3)21-16(20)19-12-7-8-15(9-13-19)14-18-10-5-4-6-11-18/h15H,4-14H2,1-3H3. The van der Waals surface area contributed by atoms with Gasteiger partial charge >= 0.3 is 6.09 Å². The second kappa shape index (κ2) is 7.55. The minimum absolute atomic E-state index is 0.124. The van der Waals surface area contributed by atoms with E-state index >= 15 is 0 Å². The lowest BCUT2D eigenvalue weighted by atomic mass is 9.38. The molecule has 0 bridgehead atoms. The van der Waals surface area contributed by atoms with Gasteiger partial charge in [-0.15, -0.1) is 0 Å². The molecule has 21 heavy (non-hydrogen) atoms. The third-order valence-corrected chi connectivity index (χ3v) is 4.89. The number of carbonyl (C=O) groups excluding carboxylic acids is 1. The molecule has 0 N–H and O–H groups in total. The molecule has 2 rings (SSSR count). The number of nitrogens with zero attached hydrogens (tertiary/aromatic N) is 1. The van der Waals surface area contributed by atoms with Gasteiger partial charge in [-0.2, -0.15) is 0 Å². The summed E-state index contributed by atoms with van der Waals surface area (Å²) in [6.45, 7) is 8.53. The molecule has 4 heteroatoms. The van der Waals surface area contributed by atoms with Gasteiger partial charge in [0.15, 0.2) is 0 Å². The maximum absolute atomic E-state index is 12.2. The molecular formula is C17H32BNO2. The quantitative estimate of drug-likeness (QED) is 0.690. The first-order chi connectivity index (χ1) is 9.94. The van der Waals surface area contributed by atoms with Crippen molar-refractivity contribution in [2.24, 2.45) is 5.92 Å². The summed E-state index contributed by atoms with van der Waals surface area (Å²) in [5, 5.41) is 0. The highest BCUT2D eigenvalue weighted by molar-refractivity contribution is 6.59. The Kier molecular flexibility index (Phi) is 6.01. The predicted octanol–water partition coefficient (Wildman–Crippen LogP) is 4.70. The molecule has 2 aliphatic rings. The van der Waals surface area contributed by atoms with Gasteiger partial charge in [-0.3, -0.25) is 0 Å². The van der Waals surface area contributed by atoms with Crippen LogP contribution < -0.4 is 0 Å². The van der Waals surface area contributed by atoms with Crippen LogP contribution >= 0.6 is 0 Å². The SMILES string of the molecule is CC(C)(C)OC(=O)N1CCCC(CB2CCCCC2)CC1. The van der Waals surface area contributed by atoms with Gasteiger partial charge < -0.3 is 9.64 Å². The molecule has 0 spiro atoms. The summed E-state index contributed by atoms with van der Waals surface area (Å²) < 4.78 is 5.50. The lowest BCUT2D eigenvalue weighted by Gasteiger charge is -2.26. The third-order valence-electron chi connectivity index (χ3n) is 4.89. The van der Waals surface area contributed by atoms with E-state index in [0.717, 1.165) is 38.6 Å². The Balaban J connectivity index is 1.77. The Bertz CT molecular complexity index is 334. The second-order valence-electron chi connectivity index (χ2n) is 8.00. The molecule has 0 aromatic heterocycles. The molecule has 2 fully saturated rings. The molecular weight excluding hydrogens is 261 g/mol. The summed E-state index contributed by atoms with van der Waals surface area (Å²) in [4.78, 5) is 14.1. The highest BCUT2D eigenvalue weighted by atomic mass is 16.6. The van der Waals surface area contributed by atoms with Crippen molar-refractivity contribution in [3.8, 4) is 0 Å². The van der Waals surface area contributed by atoms with Crippen LogP contribution in [0.2, 0.25) is 19.0 Å². The first-order valence-electron chi connectivity index (χ1n) is 8.92. The van der Waals surface area contributed by atoms with Crippen molar-refractivity contribution < 1.29 is 9.53 Å². The number of carbonyl (C=O) groups is 1. The van der Waals surface area contributed by atoms with Crippen LogP contribution in [0.5, 0.6) is 0 Å². The number of rotatable bonds is 2. The molecule has 1 amide bonds. The monoisotopic (exact) mass is 293 g/mol. The highest BCUT2D eigenvalue weighted by Crippen LogP contribution is 2.29. The molecule has 2 aliphatic heterocycles. The third kappa shape index (κ3) is 5.92. The van der Waals surface area contributed by atoms with Crippen molar-refractivity contribution in [2.45, 2.75) is 83.9 Å². The van der Waals surface area contributed by atoms with E-state index in [0.29, 0.717) is 0 Å². The maximum atomic E-state index is 12.2. The van der Waals surface area contributed by atoms with Gasteiger partial charge in [0.1, 0.15) is 12.3 Å². The van der Waals surface area contributed by atoms with E-state index in [2.05, 4.69) is 0 Å². The number of likely N-dealkylation sites (tertiary alicyclic amines) is 1. The molecule has 2 saturated heterocycles. The molecule has 0 aromatic rings. The Hall–Kier alpha value is -0.665. The zero-order valence-electron chi connectivity index (χ0n) is 14.2. The van der Waals surface area contributed by atoms with Gasteiger partial charge in [0.25, 0.3) is 0 Å². The van der Waals surface area contributed by atoms with Crippen LogP contribution in [0.25, 0.3) is 0 Å². The van der Waals surface area contributed by atoms with Crippen LogP contribution in [0.4, 0.5) is 4.79 Å². The summed E-state index contributed by atoms with van der Waals surface area (Å²) >= 11 is 0. The van der Waals surface area contributed by atoms with Gasteiger partial charge in [-0.05, 0) is 46.0 Å². The summed E-state index contributed by atoms with van der Waals surface area (Å²) in [7, 11) is 0. The summed E-state index contributed by atoms with van der Waals surface area (Å²) in [5.74, 6) is 0.820. The molecule has 3 nitrogen and oxygen atoms in total. The van der Waals surface area contributed by atoms with E-state index in [1.807, 2.05) is 25.7 Å². The van der Waals surface area contributed by atoms with Crippen LogP contribution in [0.3, 0.4) is 0 Å². The zero-order valence-corrected chi connectivity index (χ0v) is 14.2. The number of amides is 1. The van der Waals surface area contributed by atoms with Crippen molar-refractivity contribution in [1.82, 2.24) is 4.90 Å². The van der Waals surface area contributed by atoms with Crippen molar-refractivity contribution in [3.63, 3.8) is 0 Å². The number of ether oxygens (including phenoxy) is 1. The van der Waals surface area contributed by atoms with Crippen molar-refractivity contribution in [2.75, 3.05) is 13.1 Å². The fourth-order valence-corrected chi connectivity index (χ4v) is 3.80. The summed E-state index contributed by atoms with van der Waals surface area (Å²) in [6.07, 6.45) is 12.0. The van der Waals surface area contributed by atoms with Crippen LogP contribution in [0, 0.1) is 5.92 Å². The van der Waals surface area contributed by atoms with E-state index in [4.69, 9.17) is 4.74 Å². The number of hydrogen-bond donors (Lipinski definition) is 0. The molecule has 0 radical (unpaired) electrons. The predicted molar refractivity (Wildman–Crippen MR) is 89.2 cm³/mol. The van der Waals surface area contributed by atoms with E-state index < -0.39 is 0 Å². The van der Waals surface area contributed by atoms with E-state index in [-0.39, 0.29) is 11.7 Å². The number of hydrogen-bond acceptors (Lipinski definition) is 2. The highest BCUT2D eigenvalue weighted by Gasteiger charge is 2.27. The van der Waals surface area contributed by atoms with Crippen molar-refractivity contribution in [3.05, 3.63) is 0 Å². The molecule has 0 aliphatic carbocycles. The van der Waals surface area contributed by atoms with Crippen LogP contribution in [0.1, 0.15) is 59.3 Å². The van der Waals surface area contributed by atoms with Gasteiger partial charge in [0, 0.05) is 13.1 Å². The van der Waals surface area contributed by atoms with Gasteiger partial charge in [-0.25, -0.2) is 4.79 Å². The molecule has 0 saturated carbocycles. The topological polar surface area (TPSA) is 29.5 Å². The van der Waals surface area contributed by atoms with E-state index in [9.17, 15) is 4.79 Å². The fourth-order valence-electron chi connectivity index (χ4n) is 3.80. The first-order valence-corrected chi connectivity index (χ1v) is 8.92. The first kappa shape index (κ1) is 16.7. The lowest BCUT2D eigenvalue weighted by molar-refractivity contribution is 0.0255. The minimum Gasteiger partial charge on any atom is -0.444 e. The Morgan fingerprint density at radius 3 is 2.48 bits per heavy atom. The van der Waals surface area contributed by atoms with Gasteiger partial charge in [0.2, 0.25) is 0 Å². The molecule has 1 unspecified atom stereocenters. The van der Waals surface area contributed by atoms with E-state index in [1.54, 1.807) is 0 Å². The van der Waals surface area contributed by atoms with Gasteiger partial charge in [0.05, 0.1) is 0 Å². The normalized spacial score (nSPS) is 24.6. The average molecular weight is 293 g/mol. The zero-order chi connectivity index (χ0) is 15.3. The van der Waals surface area contributed by atoms with E-state index in [1.165, 1.54) is 44.6 Å². The van der Waals surface area contributed by atoms with Gasteiger partial charge in [-0.1, -0.05) is 38.2 Å². The maximum Gasteiger partial charge on any atom is 0.410 e. The molecule has 0 aromatic carbocycles. The Labute approximate surface area is 130 Å². The molecule has 1 atom stereocenters. The fraction of sp³-hybridized carbons (Fsp3) is 0.941. The smallest absolute Gasteiger partial charge is 0.410 e. The van der Waals surface area contributed by atoms with Crippen LogP contribution in [-0.2, 0) is 4.74 Å². The Morgan fingerprint density at radius 2 is 1.81 bits per heavy atom. The Morgan fingerprint density at radius 1 is 1.10 bits per heavy atom. The summed E-state index contributed by atoms with van der Waals surface area (Å²) in [5.41, 5.74) is -0.384. The van der Waals surface area contributed by atoms with Crippen molar-refractivity contribution in [1.29, 1.82) is 0 Å². The van der Waals surface area contributed by atoms with Crippen molar-refractivity contribution >= 4 is 12.8 Å². The second-order valence-corrected chi connectivity index (χ2v) is 8.00. The van der Waals surface area contributed by atoms with Crippen LogP contribution in [-0.4, -0.2) is 36.4 Å². The average Bonchev–Trinajstić information content (AvgIpc) is 2.64.